The monoisotopic (exact) mass is 614 g/mol. The molecule has 1 saturated heterocycles. The molecule has 5 rings (SSSR count). The van der Waals surface area contributed by atoms with Gasteiger partial charge >= 0.3 is 0 Å². The van der Waals surface area contributed by atoms with Crippen LogP contribution in [0.4, 0.5) is 0 Å². The largest absolute Gasteiger partial charge is 0.387 e. The summed E-state index contributed by atoms with van der Waals surface area (Å²) in [6, 6.07) is 36.3. The second kappa shape index (κ2) is 14.5. The Kier molecular flexibility index (Phi) is 10.5. The molecule has 1 heterocycles. The zero-order chi connectivity index (χ0) is 30.2. The van der Waals surface area contributed by atoms with E-state index in [2.05, 4.69) is 4.90 Å². The van der Waals surface area contributed by atoms with E-state index in [1.807, 2.05) is 110 Å². The Hall–Kier alpha value is -3.27. The summed E-state index contributed by atoms with van der Waals surface area (Å²) in [7, 11) is -1.87. The maximum absolute atomic E-state index is 13.8. The molecule has 224 valence electrons. The molecule has 1 aliphatic heterocycles. The van der Waals surface area contributed by atoms with E-state index >= 15 is 0 Å². The summed E-state index contributed by atoms with van der Waals surface area (Å²) in [6.07, 6.45) is 0.354. The number of likely N-dealkylation sites (N-methyl/N-ethyl adjacent to an activating group) is 1. The lowest BCUT2D eigenvalue weighted by Gasteiger charge is -2.26. The number of carbonyl (C=O) groups is 1. The number of aliphatic hydroxyl groups is 1. The molecule has 43 heavy (non-hydrogen) atoms. The summed E-state index contributed by atoms with van der Waals surface area (Å²) in [4.78, 5) is 16.1. The minimum Gasteiger partial charge on any atom is -0.387 e. The molecule has 0 amide bonds. The lowest BCUT2D eigenvalue weighted by Crippen LogP contribution is -2.40. The number of carbonyl (C=O) groups excluding carboxylic acids is 1. The number of aliphatic hydroxyl groups excluding tert-OH is 1. The van der Waals surface area contributed by atoms with Crippen LogP contribution in [0.15, 0.2) is 120 Å². The zero-order valence-electron chi connectivity index (χ0n) is 24.3. The normalized spacial score (nSPS) is 17.1. The highest BCUT2D eigenvalue weighted by molar-refractivity contribution is 8.02. The number of sulfonamides is 1. The summed E-state index contributed by atoms with van der Waals surface area (Å²) in [5.74, 6) is 0.433. The van der Waals surface area contributed by atoms with E-state index in [1.54, 1.807) is 12.1 Å². The first-order valence-electron chi connectivity index (χ1n) is 14.6. The van der Waals surface area contributed by atoms with Gasteiger partial charge in [0.1, 0.15) is 5.37 Å². The number of thioether (sulfide) groups is 1. The number of ketones is 1. The molecule has 0 bridgehead atoms. The van der Waals surface area contributed by atoms with E-state index in [9.17, 15) is 18.3 Å². The van der Waals surface area contributed by atoms with E-state index in [0.29, 0.717) is 31.8 Å². The first-order chi connectivity index (χ1) is 20.8. The molecule has 0 spiro atoms. The van der Waals surface area contributed by atoms with Crippen molar-refractivity contribution in [1.82, 2.24) is 9.21 Å². The average molecular weight is 615 g/mol. The number of rotatable bonds is 13. The fourth-order valence-corrected chi connectivity index (χ4v) is 8.71. The molecule has 0 aromatic heterocycles. The number of Topliss-reactive ketones (excluding diaryl/α,β-unsaturated/α-hetero) is 1. The Morgan fingerprint density at radius 1 is 0.860 bits per heavy atom. The van der Waals surface area contributed by atoms with Gasteiger partial charge in [-0.25, -0.2) is 8.42 Å². The Balaban J connectivity index is 1.26. The third-order valence-electron chi connectivity index (χ3n) is 7.94. The van der Waals surface area contributed by atoms with Gasteiger partial charge in [-0.05, 0) is 60.3 Å². The van der Waals surface area contributed by atoms with Gasteiger partial charge in [-0.1, -0.05) is 103 Å². The standard InChI is InChI=1S/C35H38N2O4S2/c1-36(26-34(39)30-15-9-4-10-16-30)22-21-31(28-13-7-3-8-14-28)25-33(38)35-37(23-24-42-35)43(40,41)32-19-17-29(18-20-32)27-11-5-2-6-12-27/h2-20,31,34-35,39H,21-26H2,1H3. The van der Waals surface area contributed by atoms with Crippen molar-refractivity contribution in [1.29, 1.82) is 0 Å². The molecular weight excluding hydrogens is 577 g/mol. The molecule has 0 aliphatic carbocycles. The molecular formula is C35H38N2O4S2. The Morgan fingerprint density at radius 2 is 1.42 bits per heavy atom. The topological polar surface area (TPSA) is 77.9 Å². The van der Waals surface area contributed by atoms with E-state index in [0.717, 1.165) is 22.3 Å². The molecule has 4 aromatic rings. The van der Waals surface area contributed by atoms with Gasteiger partial charge in [0.2, 0.25) is 10.0 Å². The zero-order valence-corrected chi connectivity index (χ0v) is 26.0. The van der Waals surface area contributed by atoms with Gasteiger partial charge in [-0.15, -0.1) is 11.8 Å². The van der Waals surface area contributed by atoms with E-state index in [1.165, 1.54) is 16.1 Å². The van der Waals surface area contributed by atoms with Crippen molar-refractivity contribution >= 4 is 27.6 Å². The van der Waals surface area contributed by atoms with E-state index < -0.39 is 21.5 Å². The van der Waals surface area contributed by atoms with Gasteiger partial charge in [0.05, 0.1) is 11.0 Å². The first kappa shape index (κ1) is 31.2. The molecule has 0 radical (unpaired) electrons. The van der Waals surface area contributed by atoms with Gasteiger partial charge in [0.15, 0.2) is 5.78 Å². The Labute approximate surface area is 259 Å². The number of hydrogen-bond donors (Lipinski definition) is 1. The highest BCUT2D eigenvalue weighted by Gasteiger charge is 2.40. The second-order valence-electron chi connectivity index (χ2n) is 11.0. The molecule has 1 N–H and O–H groups in total. The van der Waals surface area contributed by atoms with Crippen LogP contribution >= 0.6 is 11.8 Å². The molecule has 3 atom stereocenters. The van der Waals surface area contributed by atoms with E-state index in [4.69, 9.17) is 0 Å². The van der Waals surface area contributed by atoms with Gasteiger partial charge in [-0.2, -0.15) is 4.31 Å². The first-order valence-corrected chi connectivity index (χ1v) is 17.1. The maximum atomic E-state index is 13.8. The minimum absolute atomic E-state index is 0.0686. The molecule has 1 fully saturated rings. The van der Waals surface area contributed by atoms with Gasteiger partial charge in [0.25, 0.3) is 0 Å². The minimum atomic E-state index is -3.84. The van der Waals surface area contributed by atoms with Crippen molar-refractivity contribution in [2.75, 3.05) is 32.4 Å². The highest BCUT2D eigenvalue weighted by atomic mass is 32.2. The van der Waals surface area contributed by atoms with Crippen molar-refractivity contribution < 1.29 is 18.3 Å². The fraction of sp³-hybridized carbons (Fsp3) is 0.286. The third kappa shape index (κ3) is 7.82. The van der Waals surface area contributed by atoms with Gasteiger partial charge < -0.3 is 10.0 Å². The predicted molar refractivity (Wildman–Crippen MR) is 174 cm³/mol. The molecule has 4 aromatic carbocycles. The predicted octanol–water partition coefficient (Wildman–Crippen LogP) is 6.22. The van der Waals surface area contributed by atoms with Crippen LogP contribution in [0.5, 0.6) is 0 Å². The summed E-state index contributed by atoms with van der Waals surface area (Å²) in [5, 5.41) is 9.93. The van der Waals surface area contributed by atoms with Crippen LogP contribution in [0.3, 0.4) is 0 Å². The molecule has 0 saturated carbocycles. The lowest BCUT2D eigenvalue weighted by atomic mass is 9.90. The van der Waals surface area contributed by atoms with Gasteiger partial charge in [-0.3, -0.25) is 4.79 Å². The van der Waals surface area contributed by atoms with Crippen molar-refractivity contribution in [3.63, 3.8) is 0 Å². The number of benzene rings is 4. The van der Waals surface area contributed by atoms with Gasteiger partial charge in [0, 0.05) is 25.3 Å². The van der Waals surface area contributed by atoms with E-state index in [-0.39, 0.29) is 23.0 Å². The molecule has 3 unspecified atom stereocenters. The smallest absolute Gasteiger partial charge is 0.244 e. The van der Waals surface area contributed by atoms with Crippen LogP contribution in [0.25, 0.3) is 11.1 Å². The summed E-state index contributed by atoms with van der Waals surface area (Å²) >= 11 is 1.40. The SMILES string of the molecule is CN(CCC(CC(=O)C1SCCN1S(=O)(=O)c1ccc(-c2ccccc2)cc1)c1ccccc1)CC(O)c1ccccc1. The quantitative estimate of drug-likeness (QED) is 0.193. The maximum Gasteiger partial charge on any atom is 0.244 e. The molecule has 1 aliphatic rings. The van der Waals surface area contributed by atoms with Crippen LogP contribution in [0.1, 0.15) is 36.0 Å². The number of nitrogens with zero attached hydrogens (tertiary/aromatic N) is 2. The fourth-order valence-electron chi connectivity index (χ4n) is 5.54. The van der Waals surface area contributed by atoms with Crippen LogP contribution in [0, 0.1) is 0 Å². The van der Waals surface area contributed by atoms with Crippen LogP contribution in [-0.4, -0.2) is 66.3 Å². The highest BCUT2D eigenvalue weighted by Crippen LogP contribution is 2.35. The second-order valence-corrected chi connectivity index (χ2v) is 14.1. The summed E-state index contributed by atoms with van der Waals surface area (Å²) in [6.45, 7) is 1.47. The van der Waals surface area contributed by atoms with Crippen molar-refractivity contribution in [3.05, 3.63) is 126 Å². The summed E-state index contributed by atoms with van der Waals surface area (Å²) < 4.78 is 28.8. The van der Waals surface area contributed by atoms with Crippen LogP contribution in [-0.2, 0) is 14.8 Å². The van der Waals surface area contributed by atoms with Crippen molar-refractivity contribution in [3.8, 4) is 11.1 Å². The molecule has 6 nitrogen and oxygen atoms in total. The van der Waals surface area contributed by atoms with Crippen molar-refractivity contribution in [2.45, 2.75) is 35.1 Å². The van der Waals surface area contributed by atoms with Crippen molar-refractivity contribution in [2.24, 2.45) is 0 Å². The number of hydrogen-bond acceptors (Lipinski definition) is 6. The Morgan fingerprint density at radius 3 is 2.05 bits per heavy atom. The summed E-state index contributed by atoms with van der Waals surface area (Å²) in [5.41, 5.74) is 3.89. The Bertz CT molecular complexity index is 1570. The third-order valence-corrected chi connectivity index (χ3v) is 11.2. The van der Waals surface area contributed by atoms with Crippen LogP contribution < -0.4 is 0 Å². The average Bonchev–Trinajstić information content (AvgIpc) is 3.56. The molecule has 8 heteroatoms. The van der Waals surface area contributed by atoms with Crippen LogP contribution in [0.2, 0.25) is 0 Å². The lowest BCUT2D eigenvalue weighted by molar-refractivity contribution is -0.120.